The third-order valence-corrected chi connectivity index (χ3v) is 8.19. The fourth-order valence-electron chi connectivity index (χ4n) is 5.82. The second-order valence-corrected chi connectivity index (χ2v) is 13.9. The third-order valence-electron chi connectivity index (χ3n) is 8.19. The van der Waals surface area contributed by atoms with Gasteiger partial charge in [0.1, 0.15) is 11.2 Å². The molecule has 2 N–H and O–H groups in total. The number of likely N-dealkylation sites (tertiary alicyclic amines) is 2. The number of piperidine rings is 2. The van der Waals surface area contributed by atoms with Gasteiger partial charge in [-0.25, -0.2) is 31.9 Å². The molecule has 2 saturated heterocycles. The first-order chi connectivity index (χ1) is 21.3. The summed E-state index contributed by atoms with van der Waals surface area (Å²) in [5.41, 5.74) is -3.29. The van der Waals surface area contributed by atoms with E-state index in [-0.39, 0.29) is 51.9 Å². The summed E-state index contributed by atoms with van der Waals surface area (Å²) >= 11 is 0. The smallest absolute Gasteiger partial charge is 0.410 e. The lowest BCUT2D eigenvalue weighted by molar-refractivity contribution is 0.0147. The van der Waals surface area contributed by atoms with Gasteiger partial charge in [0, 0.05) is 26.2 Å². The number of nitrogens with zero attached hydrogens (tertiary/aromatic N) is 2. The van der Waals surface area contributed by atoms with Crippen LogP contribution in [0.5, 0.6) is 0 Å². The van der Waals surface area contributed by atoms with Crippen molar-refractivity contribution >= 4 is 18.2 Å². The van der Waals surface area contributed by atoms with Gasteiger partial charge in [0.05, 0.1) is 11.1 Å². The van der Waals surface area contributed by atoms with Gasteiger partial charge in [-0.05, 0) is 103 Å². The van der Waals surface area contributed by atoms with E-state index in [1.807, 2.05) is 0 Å². The van der Waals surface area contributed by atoms with Crippen molar-refractivity contribution in [2.24, 2.45) is 0 Å². The van der Waals surface area contributed by atoms with Gasteiger partial charge in [0.2, 0.25) is 0 Å². The Kier molecular flexibility index (Phi) is 9.84. The number of amides is 4. The van der Waals surface area contributed by atoms with E-state index < -0.39 is 63.8 Å². The van der Waals surface area contributed by atoms with Crippen LogP contribution in [0.25, 0.3) is 0 Å². The number of carbonyl (C=O) groups is 3. The fourth-order valence-corrected chi connectivity index (χ4v) is 5.82. The Morgan fingerprint density at radius 1 is 0.609 bits per heavy atom. The normalized spacial score (nSPS) is 18.0. The van der Waals surface area contributed by atoms with Crippen molar-refractivity contribution in [1.82, 2.24) is 20.4 Å². The predicted octanol–water partition coefficient (Wildman–Crippen LogP) is 6.69. The number of ether oxygens (including phenoxy) is 2. The number of carbonyl (C=O) groups excluding carboxylic acids is 3. The van der Waals surface area contributed by atoms with Crippen LogP contribution in [0.2, 0.25) is 0 Å². The molecule has 4 rings (SSSR count). The molecule has 2 aliphatic rings. The largest absolute Gasteiger partial charge is 0.444 e. The van der Waals surface area contributed by atoms with Crippen molar-refractivity contribution < 1.29 is 41.4 Å². The van der Waals surface area contributed by atoms with Crippen LogP contribution in [0.3, 0.4) is 0 Å². The Morgan fingerprint density at radius 3 is 1.22 bits per heavy atom. The van der Waals surface area contributed by atoms with Crippen LogP contribution in [0, 0.1) is 23.3 Å². The molecule has 0 spiro atoms. The lowest BCUT2D eigenvalue weighted by atomic mass is 9.79. The zero-order valence-corrected chi connectivity index (χ0v) is 27.1. The second kappa shape index (κ2) is 13.0. The Bertz CT molecular complexity index is 1350. The number of halogens is 4. The lowest BCUT2D eigenvalue weighted by Gasteiger charge is -2.45. The van der Waals surface area contributed by atoms with E-state index in [0.717, 1.165) is 24.3 Å². The first-order valence-corrected chi connectivity index (χ1v) is 15.3. The van der Waals surface area contributed by atoms with Crippen molar-refractivity contribution in [2.75, 3.05) is 26.2 Å². The molecule has 0 bridgehead atoms. The van der Waals surface area contributed by atoms with E-state index in [4.69, 9.17) is 9.47 Å². The highest BCUT2D eigenvalue weighted by Crippen LogP contribution is 2.37. The molecule has 2 aliphatic heterocycles. The number of hydrogen-bond donors (Lipinski definition) is 2. The molecular formula is C33H42F4N4O5. The number of hydrogen-bond acceptors (Lipinski definition) is 5. The molecule has 0 aliphatic carbocycles. The average molecular weight is 651 g/mol. The first kappa shape index (κ1) is 34.8. The van der Waals surface area contributed by atoms with E-state index in [1.165, 1.54) is 21.9 Å². The molecule has 4 amide bonds. The highest BCUT2D eigenvalue weighted by atomic mass is 19.2. The number of urea groups is 1. The van der Waals surface area contributed by atoms with Crippen molar-refractivity contribution in [3.63, 3.8) is 0 Å². The summed E-state index contributed by atoms with van der Waals surface area (Å²) in [6, 6.07) is 6.04. The summed E-state index contributed by atoms with van der Waals surface area (Å²) in [6.45, 7) is 11.0. The van der Waals surface area contributed by atoms with Crippen LogP contribution in [-0.2, 0) is 20.6 Å². The van der Waals surface area contributed by atoms with Gasteiger partial charge in [0.25, 0.3) is 0 Å². The molecule has 2 aromatic carbocycles. The van der Waals surface area contributed by atoms with Crippen LogP contribution < -0.4 is 10.6 Å². The van der Waals surface area contributed by atoms with Crippen LogP contribution in [0.1, 0.15) is 78.4 Å². The van der Waals surface area contributed by atoms with Crippen LogP contribution in [0.15, 0.2) is 36.4 Å². The van der Waals surface area contributed by atoms with Crippen LogP contribution in [-0.4, -0.2) is 65.4 Å². The summed E-state index contributed by atoms with van der Waals surface area (Å²) in [4.78, 5) is 42.3. The Hall–Kier alpha value is -4.03. The molecular weight excluding hydrogens is 608 g/mol. The molecule has 252 valence electrons. The maximum absolute atomic E-state index is 14.5. The van der Waals surface area contributed by atoms with Crippen molar-refractivity contribution in [3.05, 3.63) is 70.8 Å². The Balaban J connectivity index is 1.60. The van der Waals surface area contributed by atoms with Crippen molar-refractivity contribution in [2.45, 2.75) is 89.5 Å². The number of nitrogens with one attached hydrogen (secondary N) is 2. The summed E-state index contributed by atoms with van der Waals surface area (Å²) in [5.74, 6) is -4.30. The van der Waals surface area contributed by atoms with Gasteiger partial charge in [-0.3, -0.25) is 0 Å². The van der Waals surface area contributed by atoms with Crippen molar-refractivity contribution in [1.29, 1.82) is 0 Å². The maximum Gasteiger partial charge on any atom is 0.410 e. The molecule has 2 heterocycles. The molecule has 0 saturated carbocycles. The predicted molar refractivity (Wildman–Crippen MR) is 162 cm³/mol. The molecule has 0 unspecified atom stereocenters. The third kappa shape index (κ3) is 8.21. The number of benzene rings is 2. The zero-order chi connectivity index (χ0) is 34.1. The van der Waals surface area contributed by atoms with Crippen molar-refractivity contribution in [3.8, 4) is 0 Å². The molecule has 2 fully saturated rings. The molecule has 0 radical (unpaired) electrons. The van der Waals surface area contributed by atoms with E-state index >= 15 is 0 Å². The monoisotopic (exact) mass is 650 g/mol. The van der Waals surface area contributed by atoms with E-state index in [1.54, 1.807) is 41.5 Å². The Morgan fingerprint density at radius 2 is 0.935 bits per heavy atom. The molecule has 46 heavy (non-hydrogen) atoms. The maximum atomic E-state index is 14.5. The lowest BCUT2D eigenvalue weighted by Crippen LogP contribution is -2.61. The topological polar surface area (TPSA) is 100 Å². The van der Waals surface area contributed by atoms with Gasteiger partial charge in [-0.15, -0.1) is 0 Å². The van der Waals surface area contributed by atoms with Crippen LogP contribution in [0.4, 0.5) is 31.9 Å². The molecule has 2 aromatic rings. The van der Waals surface area contributed by atoms with Crippen LogP contribution >= 0.6 is 0 Å². The van der Waals surface area contributed by atoms with E-state index in [9.17, 15) is 31.9 Å². The van der Waals surface area contributed by atoms with Gasteiger partial charge in [0.15, 0.2) is 23.3 Å². The highest BCUT2D eigenvalue weighted by molar-refractivity contribution is 5.77. The zero-order valence-electron chi connectivity index (χ0n) is 27.1. The summed E-state index contributed by atoms with van der Waals surface area (Å²) in [7, 11) is 0. The first-order valence-electron chi connectivity index (χ1n) is 15.3. The molecule has 9 nitrogen and oxygen atoms in total. The molecule has 13 heteroatoms. The average Bonchev–Trinajstić information content (AvgIpc) is 2.94. The Labute approximate surface area is 266 Å². The minimum Gasteiger partial charge on any atom is -0.444 e. The van der Waals surface area contributed by atoms with Gasteiger partial charge in [-0.1, -0.05) is 12.1 Å². The fraction of sp³-hybridized carbons (Fsp3) is 0.545. The molecule has 0 aromatic heterocycles. The molecule has 0 atom stereocenters. The van der Waals surface area contributed by atoms with E-state index in [0.29, 0.717) is 11.1 Å². The van der Waals surface area contributed by atoms with E-state index in [2.05, 4.69) is 10.6 Å². The SMILES string of the molecule is CC(C)(C)OC(=O)N1CCC(NC(=O)NC2(c3ccc(F)c(F)c3)CCN(C(=O)OC(C)(C)C)CC2)(c2ccc(F)c(F)c2)CC1. The summed E-state index contributed by atoms with van der Waals surface area (Å²) in [5, 5.41) is 5.89. The van der Waals surface area contributed by atoms with Gasteiger partial charge < -0.3 is 29.9 Å². The van der Waals surface area contributed by atoms with Gasteiger partial charge in [-0.2, -0.15) is 0 Å². The second-order valence-electron chi connectivity index (χ2n) is 13.9. The standard InChI is InChI=1S/C33H42F4N4O5/c1-30(2,3)45-28(43)40-15-11-32(12-16-40,21-7-9-23(34)25(36)19-21)38-27(42)39-33(22-8-10-24(35)26(37)20-22)13-17-41(18-14-33)29(44)46-31(4,5)6/h7-10,19-20H,11-18H2,1-6H3,(H2,38,39,42). The number of rotatable bonds is 4. The highest BCUT2D eigenvalue weighted by Gasteiger charge is 2.44. The minimum absolute atomic E-state index is 0.146. The summed E-state index contributed by atoms with van der Waals surface area (Å²) in [6.07, 6.45) is -0.482. The minimum atomic E-state index is -1.22. The quantitative estimate of drug-likeness (QED) is 0.359. The summed E-state index contributed by atoms with van der Waals surface area (Å²) < 4.78 is 67.8. The van der Waals surface area contributed by atoms with Gasteiger partial charge >= 0.3 is 18.2 Å².